The van der Waals surface area contributed by atoms with E-state index in [2.05, 4.69) is 10.1 Å². The van der Waals surface area contributed by atoms with Gasteiger partial charge >= 0.3 is 0 Å². The summed E-state index contributed by atoms with van der Waals surface area (Å²) in [6.45, 7) is -0.241. The second-order valence-corrected chi connectivity index (χ2v) is 5.34. The van der Waals surface area contributed by atoms with Gasteiger partial charge in [-0.05, 0) is 24.3 Å². The highest BCUT2D eigenvalue weighted by Crippen LogP contribution is 2.21. The van der Waals surface area contributed by atoms with Crippen LogP contribution in [0.15, 0.2) is 28.8 Å². The van der Waals surface area contributed by atoms with Gasteiger partial charge in [-0.3, -0.25) is 0 Å². The summed E-state index contributed by atoms with van der Waals surface area (Å²) >= 11 is 7.24. The minimum atomic E-state index is -0.715. The zero-order valence-corrected chi connectivity index (χ0v) is 11.6. The van der Waals surface area contributed by atoms with Gasteiger partial charge in [0.25, 0.3) is 5.89 Å². The number of nitrogens with zero attached hydrogens (tertiary/aromatic N) is 2. The van der Waals surface area contributed by atoms with Crippen LogP contribution in [0.4, 0.5) is 0 Å². The smallest absolute Gasteiger partial charge is 0.257 e. The van der Waals surface area contributed by atoms with Crippen molar-refractivity contribution in [2.24, 2.45) is 0 Å². The lowest BCUT2D eigenvalue weighted by atomic mass is 10.2. The molecule has 0 bridgehead atoms. The van der Waals surface area contributed by atoms with Crippen LogP contribution in [0.5, 0.6) is 0 Å². The second kappa shape index (κ2) is 6.91. The van der Waals surface area contributed by atoms with Crippen LogP contribution >= 0.6 is 23.4 Å². The normalized spacial score (nSPS) is 12.6. The highest BCUT2D eigenvalue weighted by atomic mass is 35.5. The molecule has 0 saturated carbocycles. The molecule has 5 nitrogen and oxygen atoms in total. The standard InChI is InChI=1S/C12H13ClN2O3S/c13-9-3-1-8(2-4-9)12-14-11(15-18-12)7-19-6-10(17)5-16/h1-4,10,16-17H,5-7H2/t10-/m1/s1. The predicted octanol–water partition coefficient (Wildman–Crippen LogP) is 1.98. The van der Waals surface area contributed by atoms with E-state index in [1.807, 2.05) is 12.1 Å². The number of hydrogen-bond donors (Lipinski definition) is 2. The van der Waals surface area contributed by atoms with Crippen LogP contribution in [0.25, 0.3) is 11.5 Å². The lowest BCUT2D eigenvalue weighted by molar-refractivity contribution is 0.113. The Kier molecular flexibility index (Phi) is 5.21. The zero-order valence-electron chi connectivity index (χ0n) is 9.99. The third-order valence-corrected chi connectivity index (χ3v) is 3.65. The summed E-state index contributed by atoms with van der Waals surface area (Å²) < 4.78 is 5.15. The Morgan fingerprint density at radius 1 is 1.32 bits per heavy atom. The fourth-order valence-corrected chi connectivity index (χ4v) is 2.28. The maximum atomic E-state index is 9.20. The van der Waals surface area contributed by atoms with Gasteiger partial charge in [0.05, 0.1) is 18.5 Å². The first-order valence-corrected chi connectivity index (χ1v) is 7.17. The topological polar surface area (TPSA) is 79.4 Å². The summed E-state index contributed by atoms with van der Waals surface area (Å²) in [4.78, 5) is 4.25. The maximum absolute atomic E-state index is 9.20. The monoisotopic (exact) mass is 300 g/mol. The van der Waals surface area contributed by atoms with Gasteiger partial charge in [0.1, 0.15) is 0 Å². The summed E-state index contributed by atoms with van der Waals surface area (Å²) in [6.07, 6.45) is -0.715. The summed E-state index contributed by atoms with van der Waals surface area (Å²) in [7, 11) is 0. The minimum Gasteiger partial charge on any atom is -0.394 e. The van der Waals surface area contributed by atoms with Crippen LogP contribution < -0.4 is 0 Å². The number of benzene rings is 1. The molecular weight excluding hydrogens is 288 g/mol. The van der Waals surface area contributed by atoms with Crippen LogP contribution in [-0.2, 0) is 5.75 Å². The van der Waals surface area contributed by atoms with E-state index in [0.717, 1.165) is 5.56 Å². The number of hydrogen-bond acceptors (Lipinski definition) is 6. The molecular formula is C12H13ClN2O3S. The van der Waals surface area contributed by atoms with Crippen molar-refractivity contribution in [2.45, 2.75) is 11.9 Å². The number of aliphatic hydroxyl groups is 2. The first-order valence-electron chi connectivity index (χ1n) is 5.64. The van der Waals surface area contributed by atoms with E-state index in [-0.39, 0.29) is 6.61 Å². The molecule has 0 amide bonds. The van der Waals surface area contributed by atoms with E-state index >= 15 is 0 Å². The number of aromatic nitrogens is 2. The van der Waals surface area contributed by atoms with Crippen LogP contribution in [0.1, 0.15) is 5.82 Å². The highest BCUT2D eigenvalue weighted by molar-refractivity contribution is 7.98. The molecule has 1 heterocycles. The molecule has 0 radical (unpaired) electrons. The summed E-state index contributed by atoms with van der Waals surface area (Å²) in [5.74, 6) is 1.95. The molecule has 0 aliphatic heterocycles. The Hall–Kier alpha value is -1.08. The number of rotatable bonds is 6. The number of aliphatic hydroxyl groups excluding tert-OH is 2. The van der Waals surface area contributed by atoms with Crippen molar-refractivity contribution in [2.75, 3.05) is 12.4 Å². The van der Waals surface area contributed by atoms with Crippen LogP contribution in [0.3, 0.4) is 0 Å². The van der Waals surface area contributed by atoms with Gasteiger partial charge in [-0.15, -0.1) is 0 Å². The van der Waals surface area contributed by atoms with Crippen molar-refractivity contribution in [3.8, 4) is 11.5 Å². The molecule has 1 atom stereocenters. The van der Waals surface area contributed by atoms with E-state index in [9.17, 15) is 5.11 Å². The molecule has 1 aromatic carbocycles. The Balaban J connectivity index is 1.93. The van der Waals surface area contributed by atoms with Crippen molar-refractivity contribution in [1.82, 2.24) is 10.1 Å². The number of thioether (sulfide) groups is 1. The Labute approximate surface area is 119 Å². The fourth-order valence-electron chi connectivity index (χ4n) is 1.36. The molecule has 0 saturated heterocycles. The van der Waals surface area contributed by atoms with E-state index in [4.69, 9.17) is 21.2 Å². The third kappa shape index (κ3) is 4.21. The van der Waals surface area contributed by atoms with Gasteiger partial charge in [0.15, 0.2) is 5.82 Å². The van der Waals surface area contributed by atoms with Crippen molar-refractivity contribution in [3.05, 3.63) is 35.1 Å². The molecule has 2 N–H and O–H groups in total. The second-order valence-electron chi connectivity index (χ2n) is 3.87. The molecule has 0 spiro atoms. The Morgan fingerprint density at radius 2 is 2.05 bits per heavy atom. The van der Waals surface area contributed by atoms with Crippen molar-refractivity contribution >= 4 is 23.4 Å². The minimum absolute atomic E-state index is 0.241. The molecule has 0 aliphatic carbocycles. The average molecular weight is 301 g/mol. The van der Waals surface area contributed by atoms with Gasteiger partial charge in [0, 0.05) is 16.3 Å². The summed E-state index contributed by atoms with van der Waals surface area (Å²) in [6, 6.07) is 7.13. The molecule has 0 unspecified atom stereocenters. The lowest BCUT2D eigenvalue weighted by Gasteiger charge is -2.03. The molecule has 1 aromatic heterocycles. The van der Waals surface area contributed by atoms with E-state index < -0.39 is 6.10 Å². The summed E-state index contributed by atoms with van der Waals surface area (Å²) in [5, 5.41) is 22.4. The Bertz CT molecular complexity index is 518. The van der Waals surface area contributed by atoms with Crippen molar-refractivity contribution in [3.63, 3.8) is 0 Å². The van der Waals surface area contributed by atoms with E-state index in [0.29, 0.717) is 28.2 Å². The fraction of sp³-hybridized carbons (Fsp3) is 0.333. The van der Waals surface area contributed by atoms with E-state index in [1.54, 1.807) is 12.1 Å². The van der Waals surface area contributed by atoms with E-state index in [1.165, 1.54) is 11.8 Å². The van der Waals surface area contributed by atoms with Gasteiger partial charge in [-0.25, -0.2) is 0 Å². The summed E-state index contributed by atoms with van der Waals surface area (Å²) in [5.41, 5.74) is 0.809. The van der Waals surface area contributed by atoms with Gasteiger partial charge in [0.2, 0.25) is 0 Å². The predicted molar refractivity (Wildman–Crippen MR) is 74.0 cm³/mol. The first kappa shape index (κ1) is 14.3. The molecule has 102 valence electrons. The highest BCUT2D eigenvalue weighted by Gasteiger charge is 2.09. The molecule has 2 aromatic rings. The lowest BCUT2D eigenvalue weighted by Crippen LogP contribution is -2.14. The first-order chi connectivity index (χ1) is 9.19. The molecule has 19 heavy (non-hydrogen) atoms. The quantitative estimate of drug-likeness (QED) is 0.849. The SMILES string of the molecule is OC[C@@H](O)CSCc1noc(-c2ccc(Cl)cc2)n1. The van der Waals surface area contributed by atoms with Crippen molar-refractivity contribution < 1.29 is 14.7 Å². The largest absolute Gasteiger partial charge is 0.394 e. The molecule has 7 heteroatoms. The van der Waals surface area contributed by atoms with Gasteiger partial charge in [-0.1, -0.05) is 16.8 Å². The molecule has 2 rings (SSSR count). The zero-order chi connectivity index (χ0) is 13.7. The van der Waals surface area contributed by atoms with Crippen LogP contribution in [0, 0.1) is 0 Å². The van der Waals surface area contributed by atoms with Crippen molar-refractivity contribution in [1.29, 1.82) is 0 Å². The average Bonchev–Trinajstić information content (AvgIpc) is 2.88. The van der Waals surface area contributed by atoms with Gasteiger partial charge < -0.3 is 14.7 Å². The number of halogens is 1. The molecule has 0 fully saturated rings. The van der Waals surface area contributed by atoms with Crippen LogP contribution in [-0.4, -0.2) is 38.8 Å². The maximum Gasteiger partial charge on any atom is 0.257 e. The molecule has 0 aliphatic rings. The van der Waals surface area contributed by atoms with Gasteiger partial charge in [-0.2, -0.15) is 16.7 Å². The third-order valence-electron chi connectivity index (χ3n) is 2.31. The van der Waals surface area contributed by atoms with Crippen LogP contribution in [0.2, 0.25) is 5.02 Å². The Morgan fingerprint density at radius 3 is 2.74 bits per heavy atom.